The molecule has 0 aliphatic carbocycles. The van der Waals surface area contributed by atoms with Crippen LogP contribution in [-0.4, -0.2) is 40.7 Å². The molecule has 33 heavy (non-hydrogen) atoms. The number of ether oxygens (including phenoxy) is 1. The molecular weight excluding hydrogens is 422 g/mol. The van der Waals surface area contributed by atoms with Crippen LogP contribution in [0.2, 0.25) is 0 Å². The minimum atomic E-state index is -0.588. The van der Waals surface area contributed by atoms with Gasteiger partial charge in [0.1, 0.15) is 6.61 Å². The summed E-state index contributed by atoms with van der Waals surface area (Å²) in [6.07, 6.45) is 0.711. The van der Waals surface area contributed by atoms with E-state index in [2.05, 4.69) is 5.32 Å². The summed E-state index contributed by atoms with van der Waals surface area (Å²) in [4.78, 5) is 35.0. The third-order valence-electron chi connectivity index (χ3n) is 5.18. The van der Waals surface area contributed by atoms with Crippen LogP contribution in [0.4, 0.5) is 5.69 Å². The fourth-order valence-corrected chi connectivity index (χ4v) is 3.63. The molecule has 0 unspecified atom stereocenters. The van der Waals surface area contributed by atoms with Crippen LogP contribution in [-0.2, 0) is 20.7 Å². The number of benzene rings is 2. The molecule has 0 bridgehead atoms. The van der Waals surface area contributed by atoms with Gasteiger partial charge in [-0.2, -0.15) is 0 Å². The lowest BCUT2D eigenvalue weighted by Gasteiger charge is -2.17. The number of aromatic nitrogens is 1. The van der Waals surface area contributed by atoms with Crippen molar-refractivity contribution in [2.24, 2.45) is 5.73 Å². The number of aliphatic hydroxyl groups is 1. The Bertz CT molecular complexity index is 1170. The number of nitrogens with two attached hydrogens (primary N) is 1. The third-order valence-corrected chi connectivity index (χ3v) is 5.18. The zero-order valence-corrected chi connectivity index (χ0v) is 18.6. The Morgan fingerprint density at radius 3 is 2.39 bits per heavy atom. The summed E-state index contributed by atoms with van der Waals surface area (Å²) in [5.41, 5.74) is 10.8. The predicted octanol–water partition coefficient (Wildman–Crippen LogP) is 2.98. The highest BCUT2D eigenvalue weighted by Crippen LogP contribution is 2.30. The molecule has 0 aliphatic heterocycles. The fourth-order valence-electron chi connectivity index (χ4n) is 3.63. The molecule has 0 spiro atoms. The SMILES string of the molecule is CCOC(=O)CCc1ccc(-c2ccc(NC(=O)CO)cc2)n1-c1ccc(C(N)=O)cc1C. The standard InChI is InChI=1S/C25H27N3O5/c1-3-33-24(31)13-10-20-9-12-22(17-4-7-19(8-5-17)27-23(30)15-29)28(20)21-11-6-18(25(26)32)14-16(21)2/h4-9,11-12,14,29H,3,10,13,15H2,1-2H3,(H2,26,32)(H,27,30). The van der Waals surface area contributed by atoms with E-state index in [9.17, 15) is 14.4 Å². The minimum absolute atomic E-state index is 0.238. The molecule has 8 heteroatoms. The molecule has 0 radical (unpaired) electrons. The first-order valence-corrected chi connectivity index (χ1v) is 10.6. The first-order chi connectivity index (χ1) is 15.8. The van der Waals surface area contributed by atoms with Crippen molar-refractivity contribution in [2.75, 3.05) is 18.5 Å². The number of nitrogens with zero attached hydrogens (tertiary/aromatic N) is 1. The summed E-state index contributed by atoms with van der Waals surface area (Å²) >= 11 is 0. The van der Waals surface area contributed by atoms with Gasteiger partial charge in [-0.25, -0.2) is 0 Å². The average Bonchev–Trinajstić information content (AvgIpc) is 3.21. The number of carbonyl (C=O) groups is 3. The van der Waals surface area contributed by atoms with Crippen LogP contribution in [0, 0.1) is 6.92 Å². The summed E-state index contributed by atoms with van der Waals surface area (Å²) in [7, 11) is 0. The third kappa shape index (κ3) is 5.67. The van der Waals surface area contributed by atoms with Crippen molar-refractivity contribution in [2.45, 2.75) is 26.7 Å². The van der Waals surface area contributed by atoms with Gasteiger partial charge < -0.3 is 25.5 Å². The lowest BCUT2D eigenvalue weighted by Crippen LogP contribution is -2.15. The van der Waals surface area contributed by atoms with Gasteiger partial charge in [-0.05, 0) is 73.9 Å². The highest BCUT2D eigenvalue weighted by molar-refractivity contribution is 5.93. The zero-order valence-electron chi connectivity index (χ0n) is 18.6. The van der Waals surface area contributed by atoms with Crippen LogP contribution in [0.5, 0.6) is 0 Å². The maximum atomic E-state index is 11.9. The number of rotatable bonds is 9. The number of hydrogen-bond donors (Lipinski definition) is 3. The predicted molar refractivity (Wildman–Crippen MR) is 125 cm³/mol. The molecule has 4 N–H and O–H groups in total. The number of aryl methyl sites for hydroxylation is 2. The zero-order chi connectivity index (χ0) is 24.0. The summed E-state index contributed by atoms with van der Waals surface area (Å²) < 4.78 is 7.11. The lowest BCUT2D eigenvalue weighted by molar-refractivity contribution is -0.143. The van der Waals surface area contributed by atoms with Crippen LogP contribution in [0.1, 0.15) is 35.0 Å². The highest BCUT2D eigenvalue weighted by atomic mass is 16.5. The fraction of sp³-hybridized carbons (Fsp3) is 0.240. The van der Waals surface area contributed by atoms with Gasteiger partial charge in [0, 0.05) is 22.6 Å². The average molecular weight is 450 g/mol. The Kier molecular flexibility index (Phi) is 7.63. The molecule has 3 rings (SSSR count). The van der Waals surface area contributed by atoms with E-state index in [1.54, 1.807) is 31.2 Å². The normalized spacial score (nSPS) is 10.6. The minimum Gasteiger partial charge on any atom is -0.466 e. The number of nitrogens with one attached hydrogen (secondary N) is 1. The number of primary amides is 1. The molecule has 0 atom stereocenters. The summed E-state index contributed by atoms with van der Waals surface area (Å²) in [5.74, 6) is -1.26. The number of hydrogen-bond acceptors (Lipinski definition) is 5. The van der Waals surface area contributed by atoms with Gasteiger partial charge >= 0.3 is 5.97 Å². The van der Waals surface area contributed by atoms with Crippen molar-refractivity contribution < 1.29 is 24.2 Å². The second kappa shape index (κ2) is 10.6. The number of esters is 1. The van der Waals surface area contributed by atoms with E-state index in [-0.39, 0.29) is 12.4 Å². The van der Waals surface area contributed by atoms with Crippen molar-refractivity contribution >= 4 is 23.5 Å². The van der Waals surface area contributed by atoms with Gasteiger partial charge in [0.25, 0.3) is 0 Å². The number of carbonyl (C=O) groups excluding carboxylic acids is 3. The Balaban J connectivity index is 2.03. The molecule has 2 aromatic carbocycles. The molecule has 0 aliphatic rings. The Morgan fingerprint density at radius 1 is 1.06 bits per heavy atom. The number of anilines is 1. The van der Waals surface area contributed by atoms with Gasteiger partial charge in [-0.15, -0.1) is 0 Å². The van der Waals surface area contributed by atoms with E-state index < -0.39 is 18.4 Å². The summed E-state index contributed by atoms with van der Waals surface area (Å²) in [6, 6.07) is 16.4. The van der Waals surface area contributed by atoms with Crippen LogP contribution in [0.25, 0.3) is 16.9 Å². The van der Waals surface area contributed by atoms with E-state index in [0.717, 1.165) is 28.2 Å². The molecule has 0 saturated heterocycles. The van der Waals surface area contributed by atoms with Crippen LogP contribution in [0.15, 0.2) is 54.6 Å². The van der Waals surface area contributed by atoms with Gasteiger partial charge in [0.2, 0.25) is 11.8 Å². The molecule has 1 heterocycles. The molecule has 172 valence electrons. The van der Waals surface area contributed by atoms with E-state index in [1.807, 2.05) is 41.8 Å². The largest absolute Gasteiger partial charge is 0.466 e. The van der Waals surface area contributed by atoms with E-state index in [4.69, 9.17) is 15.6 Å². The topological polar surface area (TPSA) is 124 Å². The van der Waals surface area contributed by atoms with Gasteiger partial charge in [0.15, 0.2) is 0 Å². The molecule has 3 aromatic rings. The van der Waals surface area contributed by atoms with Crippen molar-refractivity contribution in [3.63, 3.8) is 0 Å². The summed E-state index contributed by atoms with van der Waals surface area (Å²) in [6.45, 7) is 3.41. The van der Waals surface area contributed by atoms with Crippen molar-refractivity contribution in [1.29, 1.82) is 0 Å². The highest BCUT2D eigenvalue weighted by Gasteiger charge is 2.16. The van der Waals surface area contributed by atoms with Crippen molar-refractivity contribution in [1.82, 2.24) is 4.57 Å². The monoisotopic (exact) mass is 449 g/mol. The van der Waals surface area contributed by atoms with Crippen molar-refractivity contribution in [3.8, 4) is 16.9 Å². The Hall–Kier alpha value is -3.91. The molecule has 1 aromatic heterocycles. The van der Waals surface area contributed by atoms with E-state index in [1.165, 1.54) is 0 Å². The molecule has 8 nitrogen and oxygen atoms in total. The van der Waals surface area contributed by atoms with Gasteiger partial charge in [0.05, 0.1) is 18.7 Å². The van der Waals surface area contributed by atoms with Gasteiger partial charge in [-0.3, -0.25) is 14.4 Å². The second-order valence-electron chi connectivity index (χ2n) is 7.50. The van der Waals surface area contributed by atoms with E-state index >= 15 is 0 Å². The van der Waals surface area contributed by atoms with Crippen LogP contribution < -0.4 is 11.1 Å². The van der Waals surface area contributed by atoms with Crippen molar-refractivity contribution in [3.05, 3.63) is 71.4 Å². The Labute approximate surface area is 192 Å². The lowest BCUT2D eigenvalue weighted by atomic mass is 10.1. The first-order valence-electron chi connectivity index (χ1n) is 10.6. The van der Waals surface area contributed by atoms with Crippen LogP contribution >= 0.6 is 0 Å². The molecule has 0 fully saturated rings. The smallest absolute Gasteiger partial charge is 0.306 e. The first kappa shape index (κ1) is 23.7. The maximum Gasteiger partial charge on any atom is 0.306 e. The molecule has 2 amide bonds. The number of aliphatic hydroxyl groups excluding tert-OH is 1. The quantitative estimate of drug-likeness (QED) is 0.433. The van der Waals surface area contributed by atoms with Gasteiger partial charge in [-0.1, -0.05) is 12.1 Å². The second-order valence-corrected chi connectivity index (χ2v) is 7.50. The maximum absolute atomic E-state index is 11.9. The number of amides is 2. The summed E-state index contributed by atoms with van der Waals surface area (Å²) in [5, 5.41) is 11.5. The Morgan fingerprint density at radius 2 is 1.79 bits per heavy atom. The molecule has 0 saturated carbocycles. The van der Waals surface area contributed by atoms with E-state index in [0.29, 0.717) is 24.3 Å². The van der Waals surface area contributed by atoms with Crippen LogP contribution in [0.3, 0.4) is 0 Å². The molecular formula is C25H27N3O5.